The van der Waals surface area contributed by atoms with E-state index in [1.54, 1.807) is 37.3 Å². The van der Waals surface area contributed by atoms with Crippen molar-refractivity contribution in [2.45, 2.75) is 140 Å². The Labute approximate surface area is 327 Å². The van der Waals surface area contributed by atoms with Gasteiger partial charge in [-0.25, -0.2) is 4.74 Å². The van der Waals surface area contributed by atoms with Crippen molar-refractivity contribution in [1.82, 2.24) is 0 Å². The predicted octanol–water partition coefficient (Wildman–Crippen LogP) is 8.09. The van der Waals surface area contributed by atoms with E-state index < -0.39 is 108 Å². The van der Waals surface area contributed by atoms with Gasteiger partial charge in [-0.1, -0.05) is 89.6 Å². The van der Waals surface area contributed by atoms with Gasteiger partial charge in [0.15, 0.2) is 12.6 Å². The summed E-state index contributed by atoms with van der Waals surface area (Å²) in [6.07, 6.45) is -20.3. The number of benzene rings is 1. The van der Waals surface area contributed by atoms with Crippen LogP contribution in [0.3, 0.4) is 0 Å². The highest BCUT2D eigenvalue weighted by Gasteiger charge is 2.75. The maximum atomic E-state index is 15.2. The lowest BCUT2D eigenvalue weighted by Gasteiger charge is -2.36. The summed E-state index contributed by atoms with van der Waals surface area (Å²) < 4.78 is 179. The van der Waals surface area contributed by atoms with E-state index in [-0.39, 0.29) is 25.9 Å². The molecule has 0 bridgehead atoms. The molecule has 1 heterocycles. The fourth-order valence-corrected chi connectivity index (χ4v) is 7.49. The van der Waals surface area contributed by atoms with Gasteiger partial charge in [-0.3, -0.25) is 8.98 Å². The van der Waals surface area contributed by atoms with Crippen LogP contribution in [0, 0.1) is 17.8 Å². The van der Waals surface area contributed by atoms with Gasteiger partial charge in [0.05, 0.1) is 30.8 Å². The maximum absolute atomic E-state index is 15.2. The number of ether oxygens (including phenoxy) is 6. The molecule has 332 valence electrons. The molecule has 1 aromatic rings. The Morgan fingerprint density at radius 1 is 0.930 bits per heavy atom. The van der Waals surface area contributed by atoms with Crippen molar-refractivity contribution in [3.05, 3.63) is 35.9 Å². The molecular formula is C36H54F8O12S. The van der Waals surface area contributed by atoms with Gasteiger partial charge in [0, 0.05) is 38.0 Å². The van der Waals surface area contributed by atoms with E-state index in [1.807, 2.05) is 13.8 Å². The van der Waals surface area contributed by atoms with Gasteiger partial charge in [0.2, 0.25) is 0 Å². The molecule has 21 heteroatoms. The van der Waals surface area contributed by atoms with E-state index in [0.717, 1.165) is 14.0 Å². The molecular weight excluding hydrogens is 808 g/mol. The number of hydrogen-bond acceptors (Lipinski definition) is 11. The van der Waals surface area contributed by atoms with Gasteiger partial charge in [0.1, 0.15) is 6.79 Å². The molecule has 0 spiro atoms. The minimum Gasteiger partial charge on any atom is -0.481 e. The Morgan fingerprint density at radius 2 is 1.53 bits per heavy atom. The van der Waals surface area contributed by atoms with Gasteiger partial charge in [0.25, 0.3) is 0 Å². The summed E-state index contributed by atoms with van der Waals surface area (Å²) in [4.78, 5) is 10.5. The molecule has 1 aromatic carbocycles. The van der Waals surface area contributed by atoms with E-state index in [4.69, 9.17) is 28.8 Å². The SMILES string of the molecule is CC.CCOCOC1C2OC(c3ccccc3)OCC2C(OS(=O)(=O)C(F)(F)C(F)(F)OC(F)(F)C(F)(F)CC(C)CCCCCCCCC(=O)O)C1C(O)OC. The number of aliphatic hydroxyl groups is 1. The first-order chi connectivity index (χ1) is 26.6. The van der Waals surface area contributed by atoms with Crippen molar-refractivity contribution in [3.63, 3.8) is 0 Å². The molecule has 8 unspecified atom stereocenters. The van der Waals surface area contributed by atoms with Crippen LogP contribution in [-0.2, 0) is 47.5 Å². The van der Waals surface area contributed by atoms with E-state index in [2.05, 4.69) is 8.92 Å². The third-order valence-electron chi connectivity index (χ3n) is 9.35. The first kappa shape index (κ1) is 50.9. The van der Waals surface area contributed by atoms with E-state index >= 15 is 8.78 Å². The van der Waals surface area contributed by atoms with Gasteiger partial charge in [-0.15, -0.1) is 0 Å². The number of methoxy groups -OCH3 is 1. The average molecular weight is 863 g/mol. The Morgan fingerprint density at radius 3 is 2.11 bits per heavy atom. The highest BCUT2D eigenvalue weighted by Crippen LogP contribution is 2.52. The Balaban J connectivity index is 0.00000551. The van der Waals surface area contributed by atoms with Crippen molar-refractivity contribution >= 4 is 16.1 Å². The largest absolute Gasteiger partial charge is 0.481 e. The minimum atomic E-state index is -7.09. The average Bonchev–Trinajstić information content (AvgIpc) is 3.44. The molecule has 0 aromatic heterocycles. The van der Waals surface area contributed by atoms with Crippen molar-refractivity contribution in [2.24, 2.45) is 17.8 Å². The summed E-state index contributed by atoms with van der Waals surface area (Å²) in [5.74, 6) is -10.9. The first-order valence-corrected chi connectivity index (χ1v) is 20.1. The molecule has 1 aliphatic heterocycles. The predicted molar refractivity (Wildman–Crippen MR) is 186 cm³/mol. The molecule has 0 amide bonds. The number of rotatable bonds is 25. The number of hydrogen-bond donors (Lipinski definition) is 2. The van der Waals surface area contributed by atoms with Crippen LogP contribution >= 0.6 is 0 Å². The summed E-state index contributed by atoms with van der Waals surface area (Å²) in [6, 6.07) is 8.12. The lowest BCUT2D eigenvalue weighted by Crippen LogP contribution is -2.57. The van der Waals surface area contributed by atoms with E-state index in [0.29, 0.717) is 37.7 Å². The molecule has 2 fully saturated rings. The van der Waals surface area contributed by atoms with Crippen LogP contribution < -0.4 is 0 Å². The number of alkyl halides is 8. The summed E-state index contributed by atoms with van der Waals surface area (Å²) in [7, 11) is -6.16. The topological polar surface area (TPSA) is 156 Å². The molecule has 2 aliphatic rings. The van der Waals surface area contributed by atoms with Gasteiger partial charge in [-0.2, -0.15) is 43.5 Å². The number of halogens is 8. The standard InChI is InChI=1S/C34H48F8O12S.C2H6/c1-4-49-20-51-28-25(29(45)48-3)26(23-19-50-30(52-27(23)28)22-15-11-9-12-16-22)53-55(46,47)34(41,42)33(39,40)54-32(37,38)31(35,36)18-21(2)14-10-7-5-6-8-13-17-24(43)44;1-2/h9,11-12,15-16,21,23,25-30,45H,4-8,10,13-14,17-20H2,1-3H3,(H,43,44);1-2H3. The van der Waals surface area contributed by atoms with Crippen LogP contribution in [0.5, 0.6) is 0 Å². The van der Waals surface area contributed by atoms with Gasteiger partial charge in [-0.05, 0) is 19.3 Å². The second-order valence-corrected chi connectivity index (χ2v) is 15.1. The first-order valence-electron chi connectivity index (χ1n) is 18.7. The molecule has 1 saturated carbocycles. The van der Waals surface area contributed by atoms with Gasteiger partial charge < -0.3 is 33.9 Å². The second-order valence-electron chi connectivity index (χ2n) is 13.5. The van der Waals surface area contributed by atoms with Crippen LogP contribution in [0.4, 0.5) is 35.1 Å². The number of unbranched alkanes of at least 4 members (excludes halogenated alkanes) is 5. The quantitative estimate of drug-likeness (QED) is 0.0422. The van der Waals surface area contributed by atoms with Crippen LogP contribution in [0.2, 0.25) is 0 Å². The fraction of sp³-hybridized carbons (Fsp3) is 0.806. The zero-order valence-corrected chi connectivity index (χ0v) is 33.2. The third-order valence-corrected chi connectivity index (χ3v) is 10.7. The zero-order valence-electron chi connectivity index (χ0n) is 32.4. The fourth-order valence-electron chi connectivity index (χ4n) is 6.47. The van der Waals surface area contributed by atoms with Crippen molar-refractivity contribution in [3.8, 4) is 0 Å². The lowest BCUT2D eigenvalue weighted by molar-refractivity contribution is -0.457. The molecule has 3 rings (SSSR count). The van der Waals surface area contributed by atoms with E-state index in [1.165, 1.54) is 0 Å². The number of carboxylic acids is 1. The molecule has 8 atom stereocenters. The Hall–Kier alpha value is -2.24. The lowest BCUT2D eigenvalue weighted by atomic mass is 9.95. The molecule has 1 saturated heterocycles. The smallest absolute Gasteiger partial charge is 0.460 e. The highest BCUT2D eigenvalue weighted by atomic mass is 32.2. The number of aliphatic hydroxyl groups excluding tert-OH is 1. The maximum Gasteiger partial charge on any atom is 0.460 e. The summed E-state index contributed by atoms with van der Waals surface area (Å²) in [5.41, 5.74) is 0.447. The highest BCUT2D eigenvalue weighted by molar-refractivity contribution is 7.87. The van der Waals surface area contributed by atoms with Gasteiger partial charge >= 0.3 is 39.5 Å². The molecule has 0 radical (unpaired) electrons. The number of carbonyl (C=O) groups is 1. The monoisotopic (exact) mass is 862 g/mol. The summed E-state index contributed by atoms with van der Waals surface area (Å²) in [6.45, 7) is 5.72. The van der Waals surface area contributed by atoms with Crippen LogP contribution in [-0.4, -0.2) is 99.7 Å². The third kappa shape index (κ3) is 13.4. The normalized spacial score (nSPS) is 24.3. The summed E-state index contributed by atoms with van der Waals surface area (Å²) >= 11 is 0. The van der Waals surface area contributed by atoms with Crippen molar-refractivity contribution in [2.75, 3.05) is 27.1 Å². The summed E-state index contributed by atoms with van der Waals surface area (Å²) in [5, 5.41) is 12.6. The van der Waals surface area contributed by atoms with Crippen LogP contribution in [0.1, 0.15) is 97.3 Å². The van der Waals surface area contributed by atoms with E-state index in [9.17, 15) is 44.7 Å². The Bertz CT molecular complexity index is 1440. The number of fused-ring (bicyclic) bond motifs is 1. The van der Waals surface area contributed by atoms with Crippen molar-refractivity contribution < 1.29 is 91.2 Å². The molecule has 57 heavy (non-hydrogen) atoms. The number of carboxylic acid groups (broad SMARTS) is 1. The molecule has 2 N–H and O–H groups in total. The minimum absolute atomic E-state index is 0.0151. The Kier molecular flexibility index (Phi) is 20.0. The van der Waals surface area contributed by atoms with Crippen LogP contribution in [0.25, 0.3) is 0 Å². The number of aliphatic carboxylic acids is 1. The zero-order chi connectivity index (χ0) is 43.2. The van der Waals surface area contributed by atoms with Crippen LogP contribution in [0.15, 0.2) is 30.3 Å². The second kappa shape index (κ2) is 22.4. The molecule has 12 nitrogen and oxygen atoms in total. The molecule has 1 aliphatic carbocycles. The van der Waals surface area contributed by atoms with Crippen molar-refractivity contribution in [1.29, 1.82) is 0 Å².